The molecule has 0 atom stereocenters. The molecular formula is C13H9Cl2NO3. The van der Waals surface area contributed by atoms with Gasteiger partial charge in [-0.2, -0.15) is 0 Å². The normalized spacial score (nSPS) is 10.2. The Labute approximate surface area is 119 Å². The Morgan fingerprint density at radius 1 is 1.05 bits per heavy atom. The summed E-state index contributed by atoms with van der Waals surface area (Å²) in [5.74, 6) is -0.365. The molecule has 0 spiro atoms. The zero-order valence-corrected chi connectivity index (χ0v) is 11.1. The van der Waals surface area contributed by atoms with Crippen LogP contribution in [0.2, 0.25) is 10.0 Å². The van der Waals surface area contributed by atoms with Gasteiger partial charge < -0.3 is 15.6 Å². The Morgan fingerprint density at radius 2 is 1.68 bits per heavy atom. The highest BCUT2D eigenvalue weighted by Crippen LogP contribution is 2.29. The number of halogens is 2. The van der Waals surface area contributed by atoms with Gasteiger partial charge in [-0.25, -0.2) is 4.79 Å². The number of carboxylic acids is 1. The van der Waals surface area contributed by atoms with E-state index in [0.717, 1.165) is 0 Å². The van der Waals surface area contributed by atoms with Crippen LogP contribution in [-0.2, 0) is 0 Å². The Bertz CT molecular complexity index is 624. The van der Waals surface area contributed by atoms with Crippen LogP contribution in [-0.4, -0.2) is 11.1 Å². The molecule has 0 saturated carbocycles. The smallest absolute Gasteiger partial charge is 0.337 e. The molecule has 0 aliphatic heterocycles. The summed E-state index contributed by atoms with van der Waals surface area (Å²) in [6.07, 6.45) is 0. The van der Waals surface area contributed by atoms with Crippen molar-refractivity contribution >= 4 is 34.9 Å². The molecular weight excluding hydrogens is 289 g/mol. The van der Waals surface area contributed by atoms with Gasteiger partial charge in [0, 0.05) is 15.7 Å². The Balaban J connectivity index is 2.33. The molecule has 3 N–H and O–H groups in total. The first-order valence-corrected chi connectivity index (χ1v) is 5.98. The van der Waals surface area contributed by atoms with E-state index in [0.29, 0.717) is 21.5 Å². The fourth-order valence-electron chi connectivity index (χ4n) is 1.51. The van der Waals surface area contributed by atoms with Crippen molar-refractivity contribution < 1.29 is 14.6 Å². The standard InChI is InChI=1S/C13H9Cl2NO3/c14-7-3-8(15)5-10(4-7)19-9-1-2-12(16)11(6-9)13(17)18/h1-6H,16H2,(H,17,18). The van der Waals surface area contributed by atoms with Crippen LogP contribution in [0, 0.1) is 0 Å². The third-order valence-corrected chi connectivity index (χ3v) is 2.76. The number of carboxylic acid groups (broad SMARTS) is 1. The van der Waals surface area contributed by atoms with Crippen molar-refractivity contribution in [3.05, 3.63) is 52.0 Å². The van der Waals surface area contributed by atoms with E-state index < -0.39 is 5.97 Å². The topological polar surface area (TPSA) is 72.5 Å². The maximum absolute atomic E-state index is 11.0. The predicted octanol–water partition coefficient (Wildman–Crippen LogP) is 4.07. The largest absolute Gasteiger partial charge is 0.478 e. The average Bonchev–Trinajstić information content (AvgIpc) is 2.30. The molecule has 0 aliphatic rings. The number of anilines is 1. The van der Waals surface area contributed by atoms with E-state index in [1.807, 2.05) is 0 Å². The Kier molecular flexibility index (Phi) is 3.83. The SMILES string of the molecule is Nc1ccc(Oc2cc(Cl)cc(Cl)c2)cc1C(=O)O. The second-order valence-corrected chi connectivity index (χ2v) is 4.63. The third kappa shape index (κ3) is 3.30. The summed E-state index contributed by atoms with van der Waals surface area (Å²) in [6, 6.07) is 9.09. The minimum Gasteiger partial charge on any atom is -0.478 e. The highest BCUT2D eigenvalue weighted by atomic mass is 35.5. The lowest BCUT2D eigenvalue weighted by atomic mass is 10.2. The van der Waals surface area contributed by atoms with Crippen molar-refractivity contribution in [1.82, 2.24) is 0 Å². The molecule has 0 aliphatic carbocycles. The molecule has 0 aromatic heterocycles. The monoisotopic (exact) mass is 297 g/mol. The van der Waals surface area contributed by atoms with Crippen molar-refractivity contribution in [2.75, 3.05) is 5.73 Å². The molecule has 0 heterocycles. The van der Waals surface area contributed by atoms with Gasteiger partial charge in [-0.1, -0.05) is 23.2 Å². The second kappa shape index (κ2) is 5.38. The molecule has 6 heteroatoms. The summed E-state index contributed by atoms with van der Waals surface area (Å²) < 4.78 is 5.50. The van der Waals surface area contributed by atoms with Crippen molar-refractivity contribution in [2.45, 2.75) is 0 Å². The average molecular weight is 298 g/mol. The molecule has 2 aromatic rings. The molecule has 98 valence electrons. The van der Waals surface area contributed by atoms with Crippen molar-refractivity contribution in [2.24, 2.45) is 0 Å². The number of hydrogen-bond donors (Lipinski definition) is 2. The summed E-state index contributed by atoms with van der Waals surface area (Å²) in [5.41, 5.74) is 5.70. The maximum Gasteiger partial charge on any atom is 0.337 e. The van der Waals surface area contributed by atoms with E-state index in [1.165, 1.54) is 12.1 Å². The minimum atomic E-state index is -1.12. The quantitative estimate of drug-likeness (QED) is 0.838. The molecule has 0 fully saturated rings. The number of ether oxygens (including phenoxy) is 1. The molecule has 0 amide bonds. The Morgan fingerprint density at radius 3 is 2.26 bits per heavy atom. The summed E-state index contributed by atoms with van der Waals surface area (Å²) in [7, 11) is 0. The fraction of sp³-hybridized carbons (Fsp3) is 0. The van der Waals surface area contributed by atoms with Gasteiger partial charge in [0.05, 0.1) is 5.56 Å². The van der Waals surface area contributed by atoms with Crippen LogP contribution in [0.5, 0.6) is 11.5 Å². The minimum absolute atomic E-state index is 0.0226. The van der Waals surface area contributed by atoms with Crippen molar-refractivity contribution in [3.8, 4) is 11.5 Å². The third-order valence-electron chi connectivity index (χ3n) is 2.33. The molecule has 0 saturated heterocycles. The van der Waals surface area contributed by atoms with Crippen molar-refractivity contribution in [3.63, 3.8) is 0 Å². The van der Waals surface area contributed by atoms with Crippen LogP contribution >= 0.6 is 23.2 Å². The first kappa shape index (κ1) is 13.5. The van der Waals surface area contributed by atoms with Gasteiger partial charge in [-0.3, -0.25) is 0 Å². The number of nitrogen functional groups attached to an aromatic ring is 1. The number of carbonyl (C=O) groups is 1. The molecule has 0 bridgehead atoms. The van der Waals surface area contributed by atoms with Crippen LogP contribution in [0.15, 0.2) is 36.4 Å². The molecule has 2 aromatic carbocycles. The van der Waals surface area contributed by atoms with Crippen LogP contribution in [0.1, 0.15) is 10.4 Å². The van der Waals surface area contributed by atoms with Gasteiger partial charge in [-0.05, 0) is 36.4 Å². The first-order chi connectivity index (χ1) is 8.95. The summed E-state index contributed by atoms with van der Waals surface area (Å²) in [4.78, 5) is 11.0. The maximum atomic E-state index is 11.0. The molecule has 0 radical (unpaired) electrons. The van der Waals surface area contributed by atoms with Crippen LogP contribution in [0.4, 0.5) is 5.69 Å². The van der Waals surface area contributed by atoms with Crippen molar-refractivity contribution in [1.29, 1.82) is 0 Å². The van der Waals surface area contributed by atoms with Gasteiger partial charge in [0.2, 0.25) is 0 Å². The highest BCUT2D eigenvalue weighted by molar-refractivity contribution is 6.34. The summed E-state index contributed by atoms with van der Waals surface area (Å²) >= 11 is 11.7. The summed E-state index contributed by atoms with van der Waals surface area (Å²) in [5, 5.41) is 9.82. The molecule has 2 rings (SSSR count). The highest BCUT2D eigenvalue weighted by Gasteiger charge is 2.10. The van der Waals surface area contributed by atoms with Gasteiger partial charge >= 0.3 is 5.97 Å². The van der Waals surface area contributed by atoms with E-state index in [-0.39, 0.29) is 11.3 Å². The lowest BCUT2D eigenvalue weighted by Crippen LogP contribution is -2.02. The zero-order chi connectivity index (χ0) is 14.0. The number of benzene rings is 2. The Hall–Kier alpha value is -1.91. The number of hydrogen-bond acceptors (Lipinski definition) is 3. The van der Waals surface area contributed by atoms with Gasteiger partial charge in [0.15, 0.2) is 0 Å². The molecule has 4 nitrogen and oxygen atoms in total. The van der Waals surface area contributed by atoms with E-state index in [2.05, 4.69) is 0 Å². The first-order valence-electron chi connectivity index (χ1n) is 5.22. The van der Waals surface area contributed by atoms with Crippen LogP contribution in [0.25, 0.3) is 0 Å². The predicted molar refractivity (Wildman–Crippen MR) is 74.3 cm³/mol. The molecule has 0 unspecified atom stereocenters. The van der Waals surface area contributed by atoms with Gasteiger partial charge in [-0.15, -0.1) is 0 Å². The van der Waals surface area contributed by atoms with E-state index in [1.54, 1.807) is 24.3 Å². The summed E-state index contributed by atoms with van der Waals surface area (Å²) in [6.45, 7) is 0. The lowest BCUT2D eigenvalue weighted by molar-refractivity contribution is 0.0697. The molecule has 19 heavy (non-hydrogen) atoms. The lowest BCUT2D eigenvalue weighted by Gasteiger charge is -2.08. The number of nitrogens with two attached hydrogens (primary N) is 1. The van der Waals surface area contributed by atoms with Gasteiger partial charge in [0.1, 0.15) is 11.5 Å². The van der Waals surface area contributed by atoms with Crippen LogP contribution in [0.3, 0.4) is 0 Å². The zero-order valence-electron chi connectivity index (χ0n) is 9.56. The fourth-order valence-corrected chi connectivity index (χ4v) is 2.01. The van der Waals surface area contributed by atoms with E-state index in [9.17, 15) is 4.79 Å². The second-order valence-electron chi connectivity index (χ2n) is 3.76. The van der Waals surface area contributed by atoms with Gasteiger partial charge in [0.25, 0.3) is 0 Å². The van der Waals surface area contributed by atoms with Crippen LogP contribution < -0.4 is 10.5 Å². The van der Waals surface area contributed by atoms with E-state index in [4.69, 9.17) is 38.8 Å². The van der Waals surface area contributed by atoms with E-state index >= 15 is 0 Å². The number of rotatable bonds is 3. The number of aromatic carboxylic acids is 1.